The van der Waals surface area contributed by atoms with Crippen molar-refractivity contribution in [3.05, 3.63) is 82.9 Å². The number of carbonyl (C=O) groups is 3. The van der Waals surface area contributed by atoms with Gasteiger partial charge in [0.2, 0.25) is 5.78 Å². The zero-order valence-corrected chi connectivity index (χ0v) is 15.7. The van der Waals surface area contributed by atoms with E-state index < -0.39 is 11.8 Å². The van der Waals surface area contributed by atoms with Crippen molar-refractivity contribution in [1.82, 2.24) is 14.9 Å². The van der Waals surface area contributed by atoms with E-state index in [4.69, 9.17) is 11.6 Å². The third kappa shape index (κ3) is 4.63. The van der Waals surface area contributed by atoms with Gasteiger partial charge in [0.15, 0.2) is 5.82 Å². The second-order valence-corrected chi connectivity index (χ2v) is 6.47. The highest BCUT2D eigenvalue weighted by Gasteiger charge is 2.16. The van der Waals surface area contributed by atoms with Crippen molar-refractivity contribution in [2.24, 2.45) is 7.05 Å². The van der Waals surface area contributed by atoms with Crippen LogP contribution in [-0.4, -0.2) is 27.1 Å². The van der Waals surface area contributed by atoms with E-state index in [9.17, 15) is 14.4 Å². The lowest BCUT2D eigenvalue weighted by molar-refractivity contribution is -0.136. The molecule has 3 rings (SSSR count). The Morgan fingerprint density at radius 1 is 1.00 bits per heavy atom. The fourth-order valence-corrected chi connectivity index (χ4v) is 2.60. The molecule has 142 valence electrons. The molecule has 8 heteroatoms. The Balaban J connectivity index is 1.56. The highest BCUT2D eigenvalue weighted by molar-refractivity contribution is 6.39. The van der Waals surface area contributed by atoms with Gasteiger partial charge in [0.1, 0.15) is 0 Å². The Hall–Kier alpha value is -3.45. The van der Waals surface area contributed by atoms with Crippen molar-refractivity contribution in [1.29, 1.82) is 0 Å². The number of carbonyl (C=O) groups excluding carboxylic acids is 3. The summed E-state index contributed by atoms with van der Waals surface area (Å²) in [4.78, 5) is 40.3. The van der Waals surface area contributed by atoms with Crippen LogP contribution in [0.15, 0.2) is 60.9 Å². The Morgan fingerprint density at radius 2 is 1.68 bits per heavy atom. The minimum absolute atomic E-state index is 0.209. The van der Waals surface area contributed by atoms with Crippen LogP contribution in [0.2, 0.25) is 5.02 Å². The van der Waals surface area contributed by atoms with Crippen molar-refractivity contribution in [2.75, 3.05) is 5.32 Å². The van der Waals surface area contributed by atoms with Gasteiger partial charge in [-0.1, -0.05) is 23.7 Å². The molecule has 1 aromatic heterocycles. The fourth-order valence-electron chi connectivity index (χ4n) is 2.47. The number of halogens is 1. The normalized spacial score (nSPS) is 10.4. The van der Waals surface area contributed by atoms with Gasteiger partial charge in [0.05, 0.1) is 0 Å². The Morgan fingerprint density at radius 3 is 2.29 bits per heavy atom. The van der Waals surface area contributed by atoms with Crippen LogP contribution in [0.25, 0.3) is 0 Å². The van der Waals surface area contributed by atoms with Gasteiger partial charge in [0, 0.05) is 42.3 Å². The van der Waals surface area contributed by atoms with Crippen molar-refractivity contribution in [3.8, 4) is 0 Å². The zero-order chi connectivity index (χ0) is 20.1. The molecule has 3 aromatic rings. The van der Waals surface area contributed by atoms with Gasteiger partial charge in [-0.2, -0.15) is 0 Å². The van der Waals surface area contributed by atoms with E-state index in [0.717, 1.165) is 5.56 Å². The van der Waals surface area contributed by atoms with Gasteiger partial charge in [-0.05, 0) is 42.0 Å². The van der Waals surface area contributed by atoms with Crippen LogP contribution in [0.4, 0.5) is 5.69 Å². The molecule has 0 fully saturated rings. The van der Waals surface area contributed by atoms with Gasteiger partial charge in [0.25, 0.3) is 0 Å². The van der Waals surface area contributed by atoms with Gasteiger partial charge < -0.3 is 15.2 Å². The van der Waals surface area contributed by atoms with Crippen LogP contribution in [0.1, 0.15) is 21.7 Å². The summed E-state index contributed by atoms with van der Waals surface area (Å²) < 4.78 is 1.63. The number of anilines is 1. The minimum atomic E-state index is -0.794. The van der Waals surface area contributed by atoms with Crippen LogP contribution in [0.3, 0.4) is 0 Å². The average molecular weight is 397 g/mol. The highest BCUT2D eigenvalue weighted by Crippen LogP contribution is 2.13. The summed E-state index contributed by atoms with van der Waals surface area (Å²) in [5.74, 6) is -1.47. The van der Waals surface area contributed by atoms with Crippen LogP contribution < -0.4 is 10.6 Å². The molecule has 1 heterocycles. The van der Waals surface area contributed by atoms with Crippen LogP contribution in [-0.2, 0) is 23.2 Å². The third-order valence-electron chi connectivity index (χ3n) is 4.00. The number of nitrogens with one attached hydrogen (secondary N) is 2. The number of aromatic nitrogens is 2. The summed E-state index contributed by atoms with van der Waals surface area (Å²) in [6.07, 6.45) is 3.23. The van der Waals surface area contributed by atoms with Crippen LogP contribution in [0, 0.1) is 0 Å². The molecule has 0 spiro atoms. The summed E-state index contributed by atoms with van der Waals surface area (Å²) >= 11 is 5.81. The number of hydrogen-bond donors (Lipinski definition) is 2. The van der Waals surface area contributed by atoms with E-state index in [1.165, 1.54) is 0 Å². The molecule has 0 aliphatic carbocycles. The van der Waals surface area contributed by atoms with E-state index in [1.54, 1.807) is 72.5 Å². The molecule has 0 unspecified atom stereocenters. The van der Waals surface area contributed by atoms with Crippen LogP contribution >= 0.6 is 11.6 Å². The van der Waals surface area contributed by atoms with E-state index in [0.29, 0.717) is 22.1 Å². The average Bonchev–Trinajstić information content (AvgIpc) is 3.13. The second-order valence-electron chi connectivity index (χ2n) is 6.03. The topological polar surface area (TPSA) is 93.1 Å². The molecule has 0 saturated heterocycles. The fraction of sp³-hybridized carbons (Fsp3) is 0.100. The van der Waals surface area contributed by atoms with Gasteiger partial charge >= 0.3 is 11.8 Å². The lowest BCUT2D eigenvalue weighted by atomic mass is 10.1. The summed E-state index contributed by atoms with van der Waals surface area (Å²) in [5, 5.41) is 5.62. The first-order valence-corrected chi connectivity index (χ1v) is 8.77. The second kappa shape index (κ2) is 8.49. The molecule has 0 radical (unpaired) electrons. The number of hydrogen-bond acceptors (Lipinski definition) is 4. The van der Waals surface area contributed by atoms with Crippen molar-refractivity contribution in [3.63, 3.8) is 0 Å². The summed E-state index contributed by atoms with van der Waals surface area (Å²) in [6, 6.07) is 13.2. The molecule has 0 atom stereocenters. The maximum absolute atomic E-state index is 12.4. The Kier molecular flexibility index (Phi) is 5.86. The van der Waals surface area contributed by atoms with Crippen molar-refractivity contribution >= 4 is 34.9 Å². The number of rotatable bonds is 5. The third-order valence-corrected chi connectivity index (χ3v) is 4.25. The summed E-state index contributed by atoms with van der Waals surface area (Å²) in [7, 11) is 1.73. The molecule has 0 aliphatic heterocycles. The molecular formula is C20H17ClN4O3. The summed E-state index contributed by atoms with van der Waals surface area (Å²) in [5.41, 5.74) is 1.66. The van der Waals surface area contributed by atoms with E-state index in [1.807, 2.05) is 0 Å². The zero-order valence-electron chi connectivity index (χ0n) is 15.0. The number of imidazole rings is 1. The summed E-state index contributed by atoms with van der Waals surface area (Å²) in [6.45, 7) is 0.209. The standard InChI is InChI=1S/C20H17ClN4O3/c1-25-11-10-22-18(25)17(26)14-4-8-16(9-5-14)24-20(28)19(27)23-12-13-2-6-15(21)7-3-13/h2-11H,12H2,1H3,(H,23,27)(H,24,28). The van der Waals surface area contributed by atoms with Crippen molar-refractivity contribution < 1.29 is 14.4 Å². The first kappa shape index (κ1) is 19.3. The first-order chi connectivity index (χ1) is 13.4. The van der Waals surface area contributed by atoms with Gasteiger partial charge in [-0.3, -0.25) is 14.4 Å². The smallest absolute Gasteiger partial charge is 0.313 e. The number of aryl methyl sites for hydroxylation is 1. The quantitative estimate of drug-likeness (QED) is 0.512. The number of benzene rings is 2. The largest absolute Gasteiger partial charge is 0.344 e. The van der Waals surface area contributed by atoms with E-state index in [-0.39, 0.29) is 12.3 Å². The SMILES string of the molecule is Cn1ccnc1C(=O)c1ccc(NC(=O)C(=O)NCc2ccc(Cl)cc2)cc1. The molecule has 2 aromatic carbocycles. The molecule has 2 N–H and O–H groups in total. The van der Waals surface area contributed by atoms with Gasteiger partial charge in [-0.15, -0.1) is 0 Å². The van der Waals surface area contributed by atoms with Crippen molar-refractivity contribution in [2.45, 2.75) is 6.54 Å². The maximum atomic E-state index is 12.4. The number of ketones is 1. The molecule has 0 aliphatic rings. The molecule has 7 nitrogen and oxygen atoms in total. The van der Waals surface area contributed by atoms with E-state index in [2.05, 4.69) is 15.6 Å². The predicted molar refractivity (Wildman–Crippen MR) is 105 cm³/mol. The highest BCUT2D eigenvalue weighted by atomic mass is 35.5. The lowest BCUT2D eigenvalue weighted by Gasteiger charge is -2.08. The predicted octanol–water partition coefficient (Wildman–Crippen LogP) is 2.56. The minimum Gasteiger partial charge on any atom is -0.344 e. The molecule has 0 bridgehead atoms. The Labute approximate surface area is 166 Å². The monoisotopic (exact) mass is 396 g/mol. The van der Waals surface area contributed by atoms with E-state index >= 15 is 0 Å². The molecule has 2 amide bonds. The molecular weight excluding hydrogens is 380 g/mol. The lowest BCUT2D eigenvalue weighted by Crippen LogP contribution is -2.34. The number of nitrogens with zero attached hydrogens (tertiary/aromatic N) is 2. The first-order valence-electron chi connectivity index (χ1n) is 8.40. The Bertz CT molecular complexity index is 1010. The van der Waals surface area contributed by atoms with Crippen LogP contribution in [0.5, 0.6) is 0 Å². The van der Waals surface area contributed by atoms with Gasteiger partial charge in [-0.25, -0.2) is 4.98 Å². The number of amides is 2. The molecule has 0 saturated carbocycles. The molecule has 28 heavy (non-hydrogen) atoms. The maximum Gasteiger partial charge on any atom is 0.313 e.